The van der Waals surface area contributed by atoms with E-state index in [0.29, 0.717) is 0 Å². The quantitative estimate of drug-likeness (QED) is 0.437. The van der Waals surface area contributed by atoms with Crippen molar-refractivity contribution in [3.63, 3.8) is 0 Å². The van der Waals surface area contributed by atoms with E-state index in [9.17, 15) is 9.59 Å². The van der Waals surface area contributed by atoms with Crippen LogP contribution in [0.3, 0.4) is 0 Å². The van der Waals surface area contributed by atoms with Gasteiger partial charge in [-0.25, -0.2) is 4.79 Å². The average Bonchev–Trinajstić information content (AvgIpc) is 2.33. The zero-order valence-electron chi connectivity index (χ0n) is 11.0. The molecule has 106 valence electrons. The fourth-order valence-corrected chi connectivity index (χ4v) is 1.09. The average molecular weight is 260 g/mol. The van der Waals surface area contributed by atoms with Gasteiger partial charge in [0.1, 0.15) is 0 Å². The Morgan fingerprint density at radius 2 is 1.50 bits per heavy atom. The third-order valence-electron chi connectivity index (χ3n) is 2.09. The second-order valence-electron chi connectivity index (χ2n) is 3.77. The molecule has 0 atom stereocenters. The SMILES string of the molecule is CCC(=O)O.O=C(O)C=CCCCCCCCO. The molecule has 0 heterocycles. The molecular weight excluding hydrogens is 236 g/mol. The molecule has 0 radical (unpaired) electrons. The predicted octanol–water partition coefficient (Wildman–Crippen LogP) is 2.44. The number of hydrogen-bond acceptors (Lipinski definition) is 3. The lowest BCUT2D eigenvalue weighted by Gasteiger charge is -1.96. The van der Waals surface area contributed by atoms with Crippen molar-refractivity contribution in [1.29, 1.82) is 0 Å². The highest BCUT2D eigenvalue weighted by Crippen LogP contribution is 2.05. The summed E-state index contributed by atoms with van der Waals surface area (Å²) < 4.78 is 0. The van der Waals surface area contributed by atoms with Crippen molar-refractivity contribution in [3.05, 3.63) is 12.2 Å². The van der Waals surface area contributed by atoms with Crippen LogP contribution < -0.4 is 0 Å². The van der Waals surface area contributed by atoms with Gasteiger partial charge in [0, 0.05) is 19.1 Å². The van der Waals surface area contributed by atoms with Crippen LogP contribution in [0, 0.1) is 0 Å². The van der Waals surface area contributed by atoms with Crippen LogP contribution in [-0.2, 0) is 9.59 Å². The summed E-state index contributed by atoms with van der Waals surface area (Å²) in [4.78, 5) is 19.4. The summed E-state index contributed by atoms with van der Waals surface area (Å²) in [5, 5.41) is 24.5. The van der Waals surface area contributed by atoms with Gasteiger partial charge < -0.3 is 15.3 Å². The van der Waals surface area contributed by atoms with Gasteiger partial charge in [0.15, 0.2) is 0 Å². The van der Waals surface area contributed by atoms with Crippen molar-refractivity contribution >= 4 is 11.9 Å². The fourth-order valence-electron chi connectivity index (χ4n) is 1.09. The molecule has 0 fully saturated rings. The Balaban J connectivity index is 0. The molecule has 0 unspecified atom stereocenters. The van der Waals surface area contributed by atoms with Crippen LogP contribution in [0.4, 0.5) is 0 Å². The Morgan fingerprint density at radius 3 is 1.94 bits per heavy atom. The number of aliphatic hydroxyl groups is 1. The van der Waals surface area contributed by atoms with Gasteiger partial charge in [-0.3, -0.25) is 4.79 Å². The number of carbonyl (C=O) groups is 2. The maximum absolute atomic E-state index is 10.1. The highest BCUT2D eigenvalue weighted by Gasteiger charge is 1.89. The van der Waals surface area contributed by atoms with E-state index < -0.39 is 11.9 Å². The number of aliphatic carboxylic acids is 2. The first kappa shape index (κ1) is 19.0. The minimum atomic E-state index is -0.875. The maximum Gasteiger partial charge on any atom is 0.327 e. The van der Waals surface area contributed by atoms with E-state index in [0.717, 1.165) is 38.5 Å². The topological polar surface area (TPSA) is 94.8 Å². The highest BCUT2D eigenvalue weighted by atomic mass is 16.4. The van der Waals surface area contributed by atoms with Crippen LogP contribution in [0.15, 0.2) is 12.2 Å². The molecular formula is C13H24O5. The maximum atomic E-state index is 10.1. The minimum Gasteiger partial charge on any atom is -0.481 e. The molecule has 0 aromatic rings. The lowest BCUT2D eigenvalue weighted by atomic mass is 10.1. The molecule has 0 aromatic heterocycles. The van der Waals surface area contributed by atoms with E-state index >= 15 is 0 Å². The summed E-state index contributed by atoms with van der Waals surface area (Å²) >= 11 is 0. The fraction of sp³-hybridized carbons (Fsp3) is 0.692. The Labute approximate surface area is 108 Å². The molecule has 5 nitrogen and oxygen atoms in total. The number of rotatable bonds is 9. The summed E-state index contributed by atoms with van der Waals surface area (Å²) in [6.45, 7) is 1.88. The number of allylic oxidation sites excluding steroid dienone is 1. The van der Waals surface area contributed by atoms with Gasteiger partial charge in [-0.05, 0) is 19.3 Å². The number of carboxylic acids is 2. The molecule has 0 aromatic carbocycles. The molecule has 0 rings (SSSR count). The normalized spacial score (nSPS) is 9.89. The number of aliphatic hydroxyl groups excluding tert-OH is 1. The summed E-state index contributed by atoms with van der Waals surface area (Å²) in [6, 6.07) is 0. The molecule has 0 saturated heterocycles. The minimum absolute atomic E-state index is 0.222. The van der Waals surface area contributed by atoms with Gasteiger partial charge in [-0.2, -0.15) is 0 Å². The Morgan fingerprint density at radius 1 is 1.00 bits per heavy atom. The first-order valence-corrected chi connectivity index (χ1v) is 6.26. The Kier molecular flexibility index (Phi) is 16.5. The van der Waals surface area contributed by atoms with E-state index in [-0.39, 0.29) is 13.0 Å². The van der Waals surface area contributed by atoms with Crippen molar-refractivity contribution in [2.45, 2.75) is 51.9 Å². The van der Waals surface area contributed by atoms with Crippen molar-refractivity contribution in [1.82, 2.24) is 0 Å². The van der Waals surface area contributed by atoms with Crippen molar-refractivity contribution in [2.24, 2.45) is 0 Å². The second kappa shape index (κ2) is 15.6. The number of hydrogen-bond donors (Lipinski definition) is 3. The highest BCUT2D eigenvalue weighted by molar-refractivity contribution is 5.79. The van der Waals surface area contributed by atoms with Gasteiger partial charge in [-0.15, -0.1) is 0 Å². The summed E-state index contributed by atoms with van der Waals surface area (Å²) in [5.74, 6) is -1.62. The Bertz CT molecular complexity index is 236. The standard InChI is InChI=1S/C10H18O3.C3H6O2/c11-9-7-5-3-1-2-4-6-8-10(12)13;1-2-3(4)5/h6,8,11H,1-5,7,9H2,(H,12,13);2H2,1H3,(H,4,5). The summed E-state index contributed by atoms with van der Waals surface area (Å²) in [5.41, 5.74) is 0. The van der Waals surface area contributed by atoms with Gasteiger partial charge in [0.25, 0.3) is 0 Å². The lowest BCUT2D eigenvalue weighted by molar-refractivity contribution is -0.136. The number of carboxylic acid groups (broad SMARTS) is 2. The van der Waals surface area contributed by atoms with E-state index in [1.165, 1.54) is 6.08 Å². The summed E-state index contributed by atoms with van der Waals surface area (Å²) in [7, 11) is 0. The molecule has 5 heteroatoms. The van der Waals surface area contributed by atoms with Crippen molar-refractivity contribution < 1.29 is 24.9 Å². The largest absolute Gasteiger partial charge is 0.481 e. The Hall–Kier alpha value is -1.36. The third kappa shape index (κ3) is 24.1. The molecule has 18 heavy (non-hydrogen) atoms. The van der Waals surface area contributed by atoms with Gasteiger partial charge in [0.2, 0.25) is 0 Å². The van der Waals surface area contributed by atoms with E-state index in [1.807, 2.05) is 0 Å². The first-order chi connectivity index (χ1) is 8.54. The monoisotopic (exact) mass is 260 g/mol. The predicted molar refractivity (Wildman–Crippen MR) is 69.5 cm³/mol. The molecule has 0 saturated carbocycles. The van der Waals surface area contributed by atoms with E-state index in [4.69, 9.17) is 15.3 Å². The first-order valence-electron chi connectivity index (χ1n) is 6.26. The molecule has 0 aliphatic heterocycles. The molecule has 0 aliphatic carbocycles. The lowest BCUT2D eigenvalue weighted by Crippen LogP contribution is -1.86. The van der Waals surface area contributed by atoms with Crippen molar-refractivity contribution in [3.8, 4) is 0 Å². The molecule has 0 spiro atoms. The third-order valence-corrected chi connectivity index (χ3v) is 2.09. The van der Waals surface area contributed by atoms with Gasteiger partial charge >= 0.3 is 11.9 Å². The van der Waals surface area contributed by atoms with E-state index in [2.05, 4.69) is 0 Å². The van der Waals surface area contributed by atoms with Crippen LogP contribution in [0.5, 0.6) is 0 Å². The smallest absolute Gasteiger partial charge is 0.327 e. The van der Waals surface area contributed by atoms with Crippen molar-refractivity contribution in [2.75, 3.05) is 6.61 Å². The van der Waals surface area contributed by atoms with Crippen LogP contribution in [0.25, 0.3) is 0 Å². The molecule has 3 N–H and O–H groups in total. The van der Waals surface area contributed by atoms with Gasteiger partial charge in [-0.1, -0.05) is 32.3 Å². The zero-order valence-corrected chi connectivity index (χ0v) is 11.0. The molecule has 0 bridgehead atoms. The van der Waals surface area contributed by atoms with Crippen LogP contribution in [0.2, 0.25) is 0 Å². The van der Waals surface area contributed by atoms with E-state index in [1.54, 1.807) is 13.0 Å². The van der Waals surface area contributed by atoms with Gasteiger partial charge in [0.05, 0.1) is 0 Å². The van der Waals surface area contributed by atoms with Crippen LogP contribution in [-0.4, -0.2) is 33.9 Å². The number of unbranched alkanes of at least 4 members (excludes halogenated alkanes) is 5. The second-order valence-corrected chi connectivity index (χ2v) is 3.77. The zero-order chi connectivity index (χ0) is 14.2. The van der Waals surface area contributed by atoms with Crippen LogP contribution in [0.1, 0.15) is 51.9 Å². The molecule has 0 amide bonds. The summed E-state index contributed by atoms with van der Waals surface area (Å²) in [6.07, 6.45) is 9.16. The van der Waals surface area contributed by atoms with Crippen LogP contribution >= 0.6 is 0 Å². The molecule has 0 aliphatic rings.